The number of anilines is 2. The molecule has 182 valence electrons. The first kappa shape index (κ1) is 26.9. The van der Waals surface area contributed by atoms with Crippen molar-refractivity contribution < 1.29 is 17.0 Å². The topological polar surface area (TPSA) is 77.6 Å². The molecule has 3 rings (SSSR count). The van der Waals surface area contributed by atoms with Gasteiger partial charge in [0, 0.05) is 49.7 Å². The van der Waals surface area contributed by atoms with Crippen LogP contribution in [0.25, 0.3) is 0 Å². The fourth-order valence-electron chi connectivity index (χ4n) is 3.61. The maximum Gasteiger partial charge on any atom is 0.404 e. The molecule has 0 saturated carbocycles. The van der Waals surface area contributed by atoms with Crippen LogP contribution in [-0.4, -0.2) is 36.0 Å². The van der Waals surface area contributed by atoms with E-state index in [4.69, 9.17) is 0 Å². The first-order valence-electron chi connectivity index (χ1n) is 11.5. The molecule has 0 unspecified atom stereocenters. The minimum absolute atomic E-state index is 0. The van der Waals surface area contributed by atoms with E-state index in [2.05, 4.69) is 87.3 Å². The maximum atomic E-state index is 4.42. The summed E-state index contributed by atoms with van der Waals surface area (Å²) in [5.74, 6) is 1.03. The molecule has 2 aromatic carbocycles. The van der Waals surface area contributed by atoms with Crippen LogP contribution in [0.1, 0.15) is 27.7 Å². The molecule has 10 heteroatoms. The van der Waals surface area contributed by atoms with Crippen LogP contribution < -0.4 is 26.8 Å². The highest BCUT2D eigenvalue weighted by Gasteiger charge is 2.19. The summed E-state index contributed by atoms with van der Waals surface area (Å²) in [5, 5.41) is 21.8. The highest BCUT2D eigenvalue weighted by atomic mass is 35.5. The number of aromatic nitrogens is 3. The summed E-state index contributed by atoms with van der Waals surface area (Å²) in [6, 6.07) is 16.1. The number of hydrogen-bond donors (Lipinski definition) is 0. The summed E-state index contributed by atoms with van der Waals surface area (Å²) < 4.78 is 3.41. The van der Waals surface area contributed by atoms with E-state index in [1.165, 1.54) is 11.4 Å². The predicted molar refractivity (Wildman–Crippen MR) is 133 cm³/mol. The van der Waals surface area contributed by atoms with Crippen molar-refractivity contribution in [2.75, 3.05) is 36.0 Å². The summed E-state index contributed by atoms with van der Waals surface area (Å²) in [5.41, 5.74) is 3.91. The Balaban J connectivity index is 0.00000408. The lowest BCUT2D eigenvalue weighted by Gasteiger charge is -2.20. The molecule has 0 amide bonds. The third-order valence-electron chi connectivity index (χ3n) is 5.60. The summed E-state index contributed by atoms with van der Waals surface area (Å²) in [7, 11) is 3.67. The molecule has 0 aliphatic heterocycles. The van der Waals surface area contributed by atoms with Crippen LogP contribution in [0.5, 0.6) is 0 Å². The van der Waals surface area contributed by atoms with E-state index in [0.29, 0.717) is 11.9 Å². The molecule has 0 aliphatic carbocycles. The van der Waals surface area contributed by atoms with Crippen LogP contribution >= 0.6 is 0 Å². The van der Waals surface area contributed by atoms with Gasteiger partial charge < -0.3 is 22.2 Å². The summed E-state index contributed by atoms with van der Waals surface area (Å²) in [4.78, 5) is 4.57. The highest BCUT2D eigenvalue weighted by Crippen LogP contribution is 2.23. The summed E-state index contributed by atoms with van der Waals surface area (Å²) in [6.07, 6.45) is 0. The normalized spacial score (nSPS) is 11.2. The van der Waals surface area contributed by atoms with Gasteiger partial charge in [0.1, 0.15) is 0 Å². The van der Waals surface area contributed by atoms with Crippen molar-refractivity contribution in [3.8, 4) is 0 Å². The van der Waals surface area contributed by atoms with Gasteiger partial charge in [0.15, 0.2) is 0 Å². The number of halogens is 1. The molecule has 34 heavy (non-hydrogen) atoms. The number of rotatable bonds is 10. The maximum absolute atomic E-state index is 4.42. The van der Waals surface area contributed by atoms with Gasteiger partial charge in [-0.25, -0.2) is 4.57 Å². The van der Waals surface area contributed by atoms with Crippen molar-refractivity contribution in [2.24, 2.45) is 34.6 Å². The molecule has 3 aromatic rings. The van der Waals surface area contributed by atoms with Gasteiger partial charge in [-0.1, -0.05) is 0 Å². The number of benzene rings is 2. The molecule has 0 fully saturated rings. The lowest BCUT2D eigenvalue weighted by atomic mass is 10.2. The van der Waals surface area contributed by atoms with Crippen LogP contribution in [-0.2, 0) is 14.1 Å². The van der Waals surface area contributed by atoms with E-state index in [1.807, 2.05) is 38.4 Å². The zero-order valence-corrected chi connectivity index (χ0v) is 21.6. The van der Waals surface area contributed by atoms with Gasteiger partial charge in [-0.2, -0.15) is 0 Å². The quantitative estimate of drug-likeness (QED) is 0.328. The SMILES string of the molecule is CCN(CC)c1ccc(N=Nc2nn(C)c(N=Nc3ccc(N(CC)CC)cc3)[n+]2C)cc1.[Cl-]. The zero-order valence-electron chi connectivity index (χ0n) is 20.9. The number of azo groups is 2. The van der Waals surface area contributed by atoms with E-state index in [9.17, 15) is 0 Å². The lowest BCUT2D eigenvalue weighted by molar-refractivity contribution is -0.646. The van der Waals surface area contributed by atoms with Gasteiger partial charge >= 0.3 is 11.9 Å². The molecular weight excluding hydrogens is 450 g/mol. The molecule has 1 aromatic heterocycles. The Hall–Kier alpha value is -3.33. The van der Waals surface area contributed by atoms with Gasteiger partial charge in [-0.3, -0.25) is 0 Å². The third kappa shape index (κ3) is 6.38. The van der Waals surface area contributed by atoms with E-state index in [0.717, 1.165) is 37.6 Å². The number of nitrogens with zero attached hydrogens (tertiary/aromatic N) is 9. The van der Waals surface area contributed by atoms with Crippen molar-refractivity contribution in [1.82, 2.24) is 9.78 Å². The second-order valence-electron chi connectivity index (χ2n) is 7.56. The molecule has 0 radical (unpaired) electrons. The van der Waals surface area contributed by atoms with Crippen molar-refractivity contribution >= 4 is 34.6 Å². The second-order valence-corrected chi connectivity index (χ2v) is 7.56. The molecule has 1 heterocycles. The van der Waals surface area contributed by atoms with Crippen LogP contribution in [0.4, 0.5) is 34.6 Å². The van der Waals surface area contributed by atoms with E-state index >= 15 is 0 Å². The minimum atomic E-state index is 0. The fraction of sp³-hybridized carbons (Fsp3) is 0.417. The highest BCUT2D eigenvalue weighted by molar-refractivity contribution is 5.53. The smallest absolute Gasteiger partial charge is 0.404 e. The summed E-state index contributed by atoms with van der Waals surface area (Å²) in [6.45, 7) is 12.5. The molecule has 0 bridgehead atoms. The molecule has 0 aliphatic rings. The van der Waals surface area contributed by atoms with Crippen molar-refractivity contribution in [3.05, 3.63) is 48.5 Å². The molecule has 9 nitrogen and oxygen atoms in total. The molecular formula is C24H34ClN9. The van der Waals surface area contributed by atoms with Gasteiger partial charge in [-0.05, 0) is 86.5 Å². The van der Waals surface area contributed by atoms with Gasteiger partial charge in [0.05, 0.1) is 18.4 Å². The van der Waals surface area contributed by atoms with Crippen LogP contribution in [0, 0.1) is 0 Å². The first-order chi connectivity index (χ1) is 16.0. The zero-order chi connectivity index (χ0) is 23.8. The Labute approximate surface area is 208 Å². The lowest BCUT2D eigenvalue weighted by Crippen LogP contribution is -3.00. The molecule has 0 atom stereocenters. The van der Waals surface area contributed by atoms with Gasteiger partial charge in [0.25, 0.3) is 0 Å². The van der Waals surface area contributed by atoms with E-state index in [-0.39, 0.29) is 12.4 Å². The van der Waals surface area contributed by atoms with Crippen molar-refractivity contribution in [1.29, 1.82) is 0 Å². The predicted octanol–water partition coefficient (Wildman–Crippen LogP) is 2.77. The number of aryl methyl sites for hydroxylation is 1. The largest absolute Gasteiger partial charge is 1.00 e. The Morgan fingerprint density at radius 1 is 0.706 bits per heavy atom. The summed E-state index contributed by atoms with van der Waals surface area (Å²) >= 11 is 0. The van der Waals surface area contributed by atoms with Gasteiger partial charge in [-0.15, -0.1) is 14.9 Å². The minimum Gasteiger partial charge on any atom is -1.00 e. The fourth-order valence-corrected chi connectivity index (χ4v) is 3.61. The Morgan fingerprint density at radius 2 is 1.12 bits per heavy atom. The third-order valence-corrected chi connectivity index (χ3v) is 5.60. The van der Waals surface area contributed by atoms with Crippen molar-refractivity contribution in [3.63, 3.8) is 0 Å². The second kappa shape index (κ2) is 12.8. The van der Waals surface area contributed by atoms with E-state index in [1.54, 1.807) is 9.25 Å². The number of hydrogen-bond acceptors (Lipinski definition) is 7. The van der Waals surface area contributed by atoms with Gasteiger partial charge in [0.2, 0.25) is 0 Å². The Morgan fingerprint density at radius 3 is 1.53 bits per heavy atom. The molecule has 0 saturated heterocycles. The monoisotopic (exact) mass is 483 g/mol. The average Bonchev–Trinajstić information content (AvgIpc) is 3.11. The standard InChI is InChI=1S/C24H34N9.ClH/c1-7-32(8-2)21-15-11-19(12-16-21)25-27-23-29-31(6)24(30(23)5)28-26-20-13-17-22(18-14-20)33(9-3)10-4;/h11-18H,7-10H2,1-6H3;1H/q+1;/p-1. The van der Waals surface area contributed by atoms with E-state index < -0.39 is 0 Å². The van der Waals surface area contributed by atoms with Crippen LogP contribution in [0.15, 0.2) is 69.0 Å². The Kier molecular flexibility index (Phi) is 10.1. The Bertz CT molecular complexity index is 1080. The average molecular weight is 484 g/mol. The van der Waals surface area contributed by atoms with Crippen LogP contribution in [0.2, 0.25) is 0 Å². The first-order valence-corrected chi connectivity index (χ1v) is 11.5. The molecule has 0 N–H and O–H groups in total. The van der Waals surface area contributed by atoms with Crippen molar-refractivity contribution in [2.45, 2.75) is 27.7 Å². The van der Waals surface area contributed by atoms with Crippen LogP contribution in [0.3, 0.4) is 0 Å². The molecule has 0 spiro atoms.